The summed E-state index contributed by atoms with van der Waals surface area (Å²) in [6.07, 6.45) is 6.04. The summed E-state index contributed by atoms with van der Waals surface area (Å²) in [6.45, 7) is 7.98. The third kappa shape index (κ3) is 3.21. The van der Waals surface area contributed by atoms with Crippen LogP contribution in [0.25, 0.3) is 0 Å². The molecule has 1 rings (SSSR count). The lowest BCUT2D eigenvalue weighted by atomic mass is 9.75. The molecule has 1 fully saturated rings. The second-order valence-corrected chi connectivity index (χ2v) is 4.67. The van der Waals surface area contributed by atoms with Gasteiger partial charge in [-0.1, -0.05) is 26.8 Å². The highest BCUT2D eigenvalue weighted by molar-refractivity contribution is 5.87. The molecular formula is C11H19NO. The molecule has 0 aromatic heterocycles. The molecule has 0 heterocycles. The van der Waals surface area contributed by atoms with Crippen molar-refractivity contribution in [2.75, 3.05) is 0 Å². The van der Waals surface area contributed by atoms with E-state index in [0.717, 1.165) is 12.8 Å². The molecule has 74 valence electrons. The van der Waals surface area contributed by atoms with Gasteiger partial charge in [-0.3, -0.25) is 4.79 Å². The summed E-state index contributed by atoms with van der Waals surface area (Å²) in [5.41, 5.74) is 0.386. The topological polar surface area (TPSA) is 29.1 Å². The van der Waals surface area contributed by atoms with Gasteiger partial charge in [0.25, 0.3) is 0 Å². The van der Waals surface area contributed by atoms with Crippen LogP contribution in [0, 0.1) is 5.41 Å². The molecule has 0 bridgehead atoms. The Kier molecular flexibility index (Phi) is 3.12. The number of hydrogen-bond acceptors (Lipinski definition) is 1. The molecular weight excluding hydrogens is 162 g/mol. The van der Waals surface area contributed by atoms with E-state index in [4.69, 9.17) is 0 Å². The Hall–Kier alpha value is -0.790. The Balaban J connectivity index is 2.43. The second kappa shape index (κ2) is 3.95. The van der Waals surface area contributed by atoms with Crippen molar-refractivity contribution in [1.82, 2.24) is 5.32 Å². The number of carbonyl (C=O) groups is 1. The predicted octanol–water partition coefficient (Wildman–Crippen LogP) is 2.26. The summed E-state index contributed by atoms with van der Waals surface area (Å²) in [5.74, 6) is -0.0392. The maximum Gasteiger partial charge on any atom is 0.243 e. The molecule has 2 nitrogen and oxygen atoms in total. The van der Waals surface area contributed by atoms with Gasteiger partial charge in [0.15, 0.2) is 0 Å². The molecule has 0 saturated heterocycles. The minimum absolute atomic E-state index is 0.0392. The van der Waals surface area contributed by atoms with Gasteiger partial charge in [0, 0.05) is 6.04 Å². The third-order valence-corrected chi connectivity index (χ3v) is 2.74. The average molecular weight is 181 g/mol. The molecule has 2 heteroatoms. The number of nitrogens with one attached hydrogen (secondary N) is 1. The van der Waals surface area contributed by atoms with E-state index >= 15 is 0 Å². The van der Waals surface area contributed by atoms with Crippen LogP contribution >= 0.6 is 0 Å². The van der Waals surface area contributed by atoms with E-state index in [1.165, 1.54) is 18.9 Å². The van der Waals surface area contributed by atoms with E-state index in [2.05, 4.69) is 25.7 Å². The summed E-state index contributed by atoms with van der Waals surface area (Å²) in [6, 6.07) is 0.356. The first kappa shape index (κ1) is 10.3. The molecule has 1 atom stereocenters. The maximum atomic E-state index is 11.1. The zero-order chi connectivity index (χ0) is 9.90. The van der Waals surface area contributed by atoms with Gasteiger partial charge in [0.1, 0.15) is 0 Å². The molecule has 0 radical (unpaired) electrons. The number of carbonyl (C=O) groups excluding carboxylic acids is 1. The van der Waals surface area contributed by atoms with E-state index in [1.54, 1.807) is 0 Å². The van der Waals surface area contributed by atoms with Crippen molar-refractivity contribution in [2.45, 2.75) is 45.6 Å². The van der Waals surface area contributed by atoms with Crippen molar-refractivity contribution in [2.24, 2.45) is 5.41 Å². The smallest absolute Gasteiger partial charge is 0.243 e. The molecule has 0 aromatic carbocycles. The fraction of sp³-hybridized carbons (Fsp3) is 0.727. The lowest BCUT2D eigenvalue weighted by molar-refractivity contribution is -0.117. The van der Waals surface area contributed by atoms with Gasteiger partial charge in [0.2, 0.25) is 5.91 Å². The van der Waals surface area contributed by atoms with E-state index in [9.17, 15) is 4.79 Å². The molecule has 1 N–H and O–H groups in total. The summed E-state index contributed by atoms with van der Waals surface area (Å²) in [5, 5.41) is 2.97. The third-order valence-electron chi connectivity index (χ3n) is 2.74. The zero-order valence-electron chi connectivity index (χ0n) is 8.60. The van der Waals surface area contributed by atoms with E-state index < -0.39 is 0 Å². The van der Waals surface area contributed by atoms with Gasteiger partial charge in [-0.15, -0.1) is 0 Å². The fourth-order valence-corrected chi connectivity index (χ4v) is 2.08. The van der Waals surface area contributed by atoms with Gasteiger partial charge in [0.05, 0.1) is 0 Å². The monoisotopic (exact) mass is 181 g/mol. The molecule has 0 aromatic rings. The number of rotatable bonds is 2. The van der Waals surface area contributed by atoms with Crippen LogP contribution < -0.4 is 5.32 Å². The minimum Gasteiger partial charge on any atom is -0.350 e. The van der Waals surface area contributed by atoms with Gasteiger partial charge in [-0.05, 0) is 30.8 Å². The summed E-state index contributed by atoms with van der Waals surface area (Å²) in [7, 11) is 0. The van der Waals surface area contributed by atoms with Crippen molar-refractivity contribution in [3.8, 4) is 0 Å². The molecule has 1 saturated carbocycles. The first-order chi connectivity index (χ1) is 6.03. The van der Waals surface area contributed by atoms with Crippen molar-refractivity contribution < 1.29 is 4.79 Å². The first-order valence-electron chi connectivity index (χ1n) is 4.96. The van der Waals surface area contributed by atoms with Crippen molar-refractivity contribution in [3.63, 3.8) is 0 Å². The molecule has 1 unspecified atom stereocenters. The van der Waals surface area contributed by atoms with Gasteiger partial charge < -0.3 is 5.32 Å². The Morgan fingerprint density at radius 2 is 2.31 bits per heavy atom. The lowest BCUT2D eigenvalue weighted by Crippen LogP contribution is -2.39. The highest BCUT2D eigenvalue weighted by Crippen LogP contribution is 2.34. The minimum atomic E-state index is -0.0392. The quantitative estimate of drug-likeness (QED) is 0.650. The standard InChI is InChI=1S/C11H19NO/c1-4-10(13)12-9-6-5-7-11(2,3)8-9/h4,9H,1,5-8H2,2-3H3,(H,12,13). The number of amides is 1. The van der Waals surface area contributed by atoms with Crippen LogP contribution in [0.2, 0.25) is 0 Å². The van der Waals surface area contributed by atoms with Gasteiger partial charge in [-0.2, -0.15) is 0 Å². The maximum absolute atomic E-state index is 11.1. The van der Waals surface area contributed by atoms with Crippen LogP contribution in [-0.2, 0) is 4.79 Å². The summed E-state index contributed by atoms with van der Waals surface area (Å²) < 4.78 is 0. The Morgan fingerprint density at radius 1 is 1.62 bits per heavy atom. The van der Waals surface area contributed by atoms with Crippen LogP contribution in [-0.4, -0.2) is 11.9 Å². The van der Waals surface area contributed by atoms with E-state index in [-0.39, 0.29) is 5.91 Å². The predicted molar refractivity (Wildman–Crippen MR) is 54.4 cm³/mol. The highest BCUT2D eigenvalue weighted by atomic mass is 16.1. The van der Waals surface area contributed by atoms with Gasteiger partial charge in [-0.25, -0.2) is 0 Å². The molecule has 13 heavy (non-hydrogen) atoms. The van der Waals surface area contributed by atoms with Gasteiger partial charge >= 0.3 is 0 Å². The molecule has 1 aliphatic carbocycles. The summed E-state index contributed by atoms with van der Waals surface area (Å²) in [4.78, 5) is 11.1. The highest BCUT2D eigenvalue weighted by Gasteiger charge is 2.28. The molecule has 1 aliphatic rings. The SMILES string of the molecule is C=CC(=O)NC1CCCC(C)(C)C1. The Bertz CT molecular complexity index is 208. The average Bonchev–Trinajstić information content (AvgIpc) is 2.02. The van der Waals surface area contributed by atoms with Crippen LogP contribution in [0.15, 0.2) is 12.7 Å². The van der Waals surface area contributed by atoms with Crippen LogP contribution in [0.4, 0.5) is 0 Å². The first-order valence-corrected chi connectivity index (χ1v) is 4.96. The van der Waals surface area contributed by atoms with Crippen molar-refractivity contribution in [3.05, 3.63) is 12.7 Å². The van der Waals surface area contributed by atoms with Crippen LogP contribution in [0.1, 0.15) is 39.5 Å². The zero-order valence-corrected chi connectivity index (χ0v) is 8.60. The lowest BCUT2D eigenvalue weighted by Gasteiger charge is -2.35. The number of hydrogen-bond donors (Lipinski definition) is 1. The van der Waals surface area contributed by atoms with Crippen molar-refractivity contribution >= 4 is 5.91 Å². The second-order valence-electron chi connectivity index (χ2n) is 4.67. The van der Waals surface area contributed by atoms with Crippen molar-refractivity contribution in [1.29, 1.82) is 0 Å². The van der Waals surface area contributed by atoms with E-state index in [1.807, 2.05) is 0 Å². The fourth-order valence-electron chi connectivity index (χ4n) is 2.08. The Labute approximate surface area is 80.4 Å². The normalized spacial score (nSPS) is 26.5. The van der Waals surface area contributed by atoms with Crippen LogP contribution in [0.5, 0.6) is 0 Å². The molecule has 1 amide bonds. The Morgan fingerprint density at radius 3 is 2.85 bits per heavy atom. The van der Waals surface area contributed by atoms with E-state index in [0.29, 0.717) is 11.5 Å². The molecule has 0 spiro atoms. The van der Waals surface area contributed by atoms with Crippen LogP contribution in [0.3, 0.4) is 0 Å². The summed E-state index contributed by atoms with van der Waals surface area (Å²) >= 11 is 0. The largest absolute Gasteiger partial charge is 0.350 e. The molecule has 0 aliphatic heterocycles.